The van der Waals surface area contributed by atoms with Gasteiger partial charge in [0.2, 0.25) is 0 Å². The van der Waals surface area contributed by atoms with Crippen LogP contribution in [0.25, 0.3) is 0 Å². The summed E-state index contributed by atoms with van der Waals surface area (Å²) < 4.78 is 1.14. The second kappa shape index (κ2) is 4.71. The van der Waals surface area contributed by atoms with E-state index in [-0.39, 0.29) is 0 Å². The van der Waals surface area contributed by atoms with E-state index in [2.05, 4.69) is 45.6 Å². The Kier molecular flexibility index (Phi) is 3.24. The monoisotopic (exact) mass is 294 g/mol. The van der Waals surface area contributed by atoms with E-state index in [4.69, 9.17) is 5.84 Å². The van der Waals surface area contributed by atoms with Crippen molar-refractivity contribution in [1.82, 2.24) is 5.43 Å². The minimum atomic E-state index is 0.448. The van der Waals surface area contributed by atoms with Crippen molar-refractivity contribution in [2.75, 3.05) is 0 Å². The number of fused-ring (bicyclic) bond motifs is 1. The molecule has 0 spiro atoms. The van der Waals surface area contributed by atoms with Crippen molar-refractivity contribution in [3.05, 3.63) is 34.3 Å². The van der Waals surface area contributed by atoms with Crippen LogP contribution < -0.4 is 11.3 Å². The molecule has 2 fully saturated rings. The number of halogens is 1. The van der Waals surface area contributed by atoms with Gasteiger partial charge in [-0.25, -0.2) is 0 Å². The molecule has 0 bridgehead atoms. The maximum Gasteiger partial charge on any atom is 0.0279 e. The van der Waals surface area contributed by atoms with E-state index in [0.29, 0.717) is 6.04 Å². The molecule has 3 N–H and O–H groups in total. The molecule has 0 heterocycles. The molecule has 2 aliphatic rings. The van der Waals surface area contributed by atoms with Gasteiger partial charge in [-0.3, -0.25) is 11.3 Å². The maximum atomic E-state index is 5.73. The lowest BCUT2D eigenvalue weighted by atomic mass is 9.90. The molecule has 2 nitrogen and oxygen atoms in total. The fraction of sp³-hybridized carbons (Fsp3) is 0.571. The van der Waals surface area contributed by atoms with Crippen molar-refractivity contribution in [2.45, 2.75) is 31.7 Å². The zero-order chi connectivity index (χ0) is 11.8. The van der Waals surface area contributed by atoms with Gasteiger partial charge in [-0.2, -0.15) is 0 Å². The van der Waals surface area contributed by atoms with Crippen LogP contribution in [-0.2, 0) is 6.42 Å². The van der Waals surface area contributed by atoms with E-state index < -0.39 is 0 Å². The van der Waals surface area contributed by atoms with Gasteiger partial charge in [0.15, 0.2) is 0 Å². The highest BCUT2D eigenvalue weighted by Crippen LogP contribution is 2.55. The molecule has 0 amide bonds. The zero-order valence-corrected chi connectivity index (χ0v) is 11.5. The van der Waals surface area contributed by atoms with Crippen molar-refractivity contribution < 1.29 is 0 Å². The molecule has 3 atom stereocenters. The average Bonchev–Trinajstić information content (AvgIpc) is 2.95. The summed E-state index contributed by atoms with van der Waals surface area (Å²) in [5.74, 6) is 8.57. The zero-order valence-electron chi connectivity index (χ0n) is 9.90. The summed E-state index contributed by atoms with van der Waals surface area (Å²) in [6.07, 6.45) is 5.30. The maximum absolute atomic E-state index is 5.73. The Morgan fingerprint density at radius 3 is 2.41 bits per heavy atom. The smallest absolute Gasteiger partial charge is 0.0279 e. The summed E-state index contributed by atoms with van der Waals surface area (Å²) in [6.45, 7) is 0. The Morgan fingerprint density at radius 2 is 1.82 bits per heavy atom. The standard InChI is InChI=1S/C14H19BrN2/c15-13-3-1-9(2-4-13)5-14(17-16)12-7-10-6-11(10)8-12/h1-4,10-12,14,17H,5-8,16H2. The summed E-state index contributed by atoms with van der Waals surface area (Å²) in [4.78, 5) is 0. The topological polar surface area (TPSA) is 38.0 Å². The van der Waals surface area contributed by atoms with Crippen LogP contribution in [0.4, 0.5) is 0 Å². The van der Waals surface area contributed by atoms with Gasteiger partial charge in [0.25, 0.3) is 0 Å². The van der Waals surface area contributed by atoms with Gasteiger partial charge in [-0.1, -0.05) is 28.1 Å². The molecule has 92 valence electrons. The van der Waals surface area contributed by atoms with Crippen LogP contribution in [0.3, 0.4) is 0 Å². The van der Waals surface area contributed by atoms with Crippen molar-refractivity contribution in [2.24, 2.45) is 23.6 Å². The fourth-order valence-corrected chi connectivity index (χ4v) is 3.59. The van der Waals surface area contributed by atoms with Gasteiger partial charge in [0.05, 0.1) is 0 Å². The lowest BCUT2D eigenvalue weighted by Crippen LogP contribution is -2.42. The molecule has 3 heteroatoms. The molecule has 3 rings (SSSR count). The first-order valence-electron chi connectivity index (χ1n) is 6.47. The highest BCUT2D eigenvalue weighted by Gasteiger charge is 2.47. The van der Waals surface area contributed by atoms with Crippen LogP contribution in [-0.4, -0.2) is 6.04 Å². The number of hydrogen-bond donors (Lipinski definition) is 2. The quantitative estimate of drug-likeness (QED) is 0.662. The van der Waals surface area contributed by atoms with Crippen LogP contribution in [0.2, 0.25) is 0 Å². The highest BCUT2D eigenvalue weighted by atomic mass is 79.9. The van der Waals surface area contributed by atoms with Crippen molar-refractivity contribution in [3.63, 3.8) is 0 Å². The minimum absolute atomic E-state index is 0.448. The first-order valence-corrected chi connectivity index (χ1v) is 7.26. The van der Waals surface area contributed by atoms with Gasteiger partial charge < -0.3 is 0 Å². The SMILES string of the molecule is NNC(Cc1ccc(Br)cc1)C1CC2CC2C1. The van der Waals surface area contributed by atoms with E-state index in [1.165, 1.54) is 24.8 Å². The average molecular weight is 295 g/mol. The Balaban J connectivity index is 1.63. The van der Waals surface area contributed by atoms with Crippen molar-refractivity contribution in [3.8, 4) is 0 Å². The predicted molar refractivity (Wildman–Crippen MR) is 73.3 cm³/mol. The molecular weight excluding hydrogens is 276 g/mol. The molecule has 0 saturated heterocycles. The third-order valence-electron chi connectivity index (χ3n) is 4.43. The summed E-state index contributed by atoms with van der Waals surface area (Å²) in [7, 11) is 0. The van der Waals surface area contributed by atoms with Gasteiger partial charge >= 0.3 is 0 Å². The van der Waals surface area contributed by atoms with Gasteiger partial charge in [0, 0.05) is 10.5 Å². The second-order valence-corrected chi connectivity index (χ2v) is 6.51. The number of hydrogen-bond acceptors (Lipinski definition) is 2. The molecule has 2 aliphatic carbocycles. The van der Waals surface area contributed by atoms with Crippen LogP contribution >= 0.6 is 15.9 Å². The molecule has 1 aromatic carbocycles. The first-order chi connectivity index (χ1) is 8.26. The first kappa shape index (κ1) is 11.7. The lowest BCUT2D eigenvalue weighted by Gasteiger charge is -2.24. The van der Waals surface area contributed by atoms with Crippen LogP contribution in [0.15, 0.2) is 28.7 Å². The third kappa shape index (κ3) is 2.56. The Hall–Kier alpha value is -0.380. The predicted octanol–water partition coefficient (Wildman–Crippen LogP) is 2.87. The largest absolute Gasteiger partial charge is 0.271 e. The van der Waals surface area contributed by atoms with E-state index in [1.54, 1.807) is 0 Å². The lowest BCUT2D eigenvalue weighted by molar-refractivity contribution is 0.336. The second-order valence-electron chi connectivity index (χ2n) is 5.59. The fourth-order valence-electron chi connectivity index (χ4n) is 3.33. The number of rotatable bonds is 4. The summed E-state index contributed by atoms with van der Waals surface area (Å²) in [6, 6.07) is 9.03. The molecule has 1 aromatic rings. The van der Waals surface area contributed by atoms with E-state index >= 15 is 0 Å². The third-order valence-corrected chi connectivity index (χ3v) is 4.96. The van der Waals surface area contributed by atoms with Crippen LogP contribution in [0, 0.1) is 17.8 Å². The van der Waals surface area contributed by atoms with Crippen LogP contribution in [0.5, 0.6) is 0 Å². The number of hydrazine groups is 1. The Labute approximate surface area is 111 Å². The molecule has 0 aliphatic heterocycles. The summed E-state index contributed by atoms with van der Waals surface area (Å²) >= 11 is 3.47. The molecule has 17 heavy (non-hydrogen) atoms. The number of nitrogens with two attached hydrogens (primary N) is 1. The van der Waals surface area contributed by atoms with Gasteiger partial charge in [-0.15, -0.1) is 0 Å². The molecular formula is C14H19BrN2. The molecule has 3 unspecified atom stereocenters. The molecule has 0 radical (unpaired) electrons. The minimum Gasteiger partial charge on any atom is -0.271 e. The number of nitrogens with one attached hydrogen (secondary N) is 1. The highest BCUT2D eigenvalue weighted by molar-refractivity contribution is 9.10. The summed E-state index contributed by atoms with van der Waals surface area (Å²) in [5, 5.41) is 0. The van der Waals surface area contributed by atoms with Gasteiger partial charge in [-0.05, 0) is 61.1 Å². The van der Waals surface area contributed by atoms with Crippen LogP contribution in [0.1, 0.15) is 24.8 Å². The van der Waals surface area contributed by atoms with Crippen molar-refractivity contribution in [1.29, 1.82) is 0 Å². The Morgan fingerprint density at radius 1 is 1.18 bits per heavy atom. The van der Waals surface area contributed by atoms with Crippen molar-refractivity contribution >= 4 is 15.9 Å². The number of benzene rings is 1. The van der Waals surface area contributed by atoms with E-state index in [0.717, 1.165) is 28.6 Å². The van der Waals surface area contributed by atoms with E-state index in [1.807, 2.05) is 0 Å². The van der Waals surface area contributed by atoms with E-state index in [9.17, 15) is 0 Å². The molecule has 0 aromatic heterocycles. The molecule has 2 saturated carbocycles. The summed E-state index contributed by atoms with van der Waals surface area (Å²) in [5.41, 5.74) is 4.41. The Bertz CT molecular complexity index is 380. The van der Waals surface area contributed by atoms with Gasteiger partial charge in [0.1, 0.15) is 0 Å². The normalized spacial score (nSPS) is 32.2.